The van der Waals surface area contributed by atoms with E-state index < -0.39 is 41.4 Å². The van der Waals surface area contributed by atoms with Gasteiger partial charge in [-0.1, -0.05) is 148 Å². The Morgan fingerprint density at radius 2 is 0.787 bits per heavy atom. The number of hydrogen-bond donors (Lipinski definition) is 3. The number of nitrogens with zero attached hydrogens (tertiary/aromatic N) is 16. The summed E-state index contributed by atoms with van der Waals surface area (Å²) >= 11 is 38.7. The molecule has 7 aliphatic rings. The van der Waals surface area contributed by atoms with Crippen LogP contribution in [0, 0.1) is 29.2 Å². The van der Waals surface area contributed by atoms with Gasteiger partial charge in [-0.15, -0.1) is 0 Å². The minimum Gasteiger partial charge on any atom is -0.479 e. The van der Waals surface area contributed by atoms with Crippen LogP contribution < -0.4 is 30.2 Å². The number of rotatable bonds is 33. The summed E-state index contributed by atoms with van der Waals surface area (Å²) in [4.78, 5) is 91.3. The third-order valence-corrected chi connectivity index (χ3v) is 30.4. The van der Waals surface area contributed by atoms with Crippen LogP contribution in [0.25, 0.3) is 67.9 Å². The molecule has 3 aliphatic carbocycles. The minimum absolute atomic E-state index is 0.0283. The fourth-order valence-electron chi connectivity index (χ4n) is 19.5. The number of amides is 1. The normalized spacial score (nSPS) is 16.0. The van der Waals surface area contributed by atoms with Crippen LogP contribution in [0.3, 0.4) is 0 Å². The molecule has 7 fully saturated rings. The van der Waals surface area contributed by atoms with Crippen molar-refractivity contribution < 1.29 is 46.2 Å². The summed E-state index contributed by atoms with van der Waals surface area (Å²) in [5, 5.41) is 13.2. The number of Topliss-reactive ketones (excluding diaryl/α,β-unsaturated/α-hetero) is 1. The highest BCUT2D eigenvalue weighted by Crippen LogP contribution is 2.47. The number of anilines is 3. The van der Waals surface area contributed by atoms with Gasteiger partial charge in [0.15, 0.2) is 35.6 Å². The molecule has 21 rings (SSSR count). The Morgan fingerprint density at radius 1 is 0.413 bits per heavy atom. The van der Waals surface area contributed by atoms with Gasteiger partial charge in [0.2, 0.25) is 35.4 Å². The van der Waals surface area contributed by atoms with Crippen LogP contribution in [-0.4, -0.2) is 194 Å². The Hall–Kier alpha value is -12.9. The van der Waals surface area contributed by atoms with Gasteiger partial charge in [-0.3, -0.25) is 14.4 Å². The Balaban J connectivity index is 0.000000143. The minimum atomic E-state index is -1.73. The van der Waals surface area contributed by atoms with E-state index in [1.807, 2.05) is 146 Å². The van der Waals surface area contributed by atoms with Crippen molar-refractivity contribution in [3.8, 4) is 96.7 Å². The first-order valence-corrected chi connectivity index (χ1v) is 53.2. The lowest BCUT2D eigenvalue weighted by atomic mass is 9.92. The maximum Gasteiger partial charge on any atom is 0.245 e. The molecular weight excluding hydrogens is 2030 g/mol. The second-order valence-corrected chi connectivity index (χ2v) is 42.3. The number of benzene rings is 8. The summed E-state index contributed by atoms with van der Waals surface area (Å²) in [6, 6.07) is 53.1. The van der Waals surface area contributed by atoms with Crippen molar-refractivity contribution in [2.75, 3.05) is 96.1 Å². The third kappa shape index (κ3) is 26.1. The number of likely N-dealkylation sites (tertiary alicyclic amines) is 4. The summed E-state index contributed by atoms with van der Waals surface area (Å²) in [6.45, 7) is 16.0. The molecule has 0 radical (unpaired) electrons. The Kier molecular flexibility index (Phi) is 33.6. The molecule has 1 amide bonds. The van der Waals surface area contributed by atoms with E-state index in [-0.39, 0.29) is 35.2 Å². The van der Waals surface area contributed by atoms with Crippen LogP contribution in [-0.2, 0) is 24.4 Å². The van der Waals surface area contributed by atoms with Gasteiger partial charge < -0.3 is 63.5 Å². The van der Waals surface area contributed by atoms with E-state index in [0.717, 1.165) is 252 Å². The lowest BCUT2D eigenvalue weighted by Gasteiger charge is -2.32. The summed E-state index contributed by atoms with van der Waals surface area (Å²) in [7, 11) is 6.49. The van der Waals surface area contributed by atoms with Crippen LogP contribution >= 0.6 is 69.6 Å². The summed E-state index contributed by atoms with van der Waals surface area (Å²) in [5.41, 5.74) is 13.8. The molecule has 150 heavy (non-hydrogen) atoms. The molecule has 35 heteroatoms. The lowest BCUT2D eigenvalue weighted by Crippen LogP contribution is -2.37. The first-order chi connectivity index (χ1) is 72.6. The third-order valence-electron chi connectivity index (χ3n) is 28.2. The second-order valence-electron chi connectivity index (χ2n) is 39.9. The van der Waals surface area contributed by atoms with Crippen LogP contribution in [0.5, 0.6) is 28.7 Å². The Labute approximate surface area is 899 Å². The molecule has 776 valence electrons. The first-order valence-electron chi connectivity index (χ1n) is 51.0. The molecule has 6 aromatic heterocycles. The predicted octanol–water partition coefficient (Wildman–Crippen LogP) is 26.6. The molecule has 25 nitrogen and oxygen atoms in total. The van der Waals surface area contributed by atoms with E-state index in [9.17, 15) is 31.9 Å². The average Bonchev–Trinajstić information content (AvgIpc) is 1.64. The van der Waals surface area contributed by atoms with Crippen molar-refractivity contribution in [3.63, 3.8) is 0 Å². The number of nitrogens with one attached hydrogen (secondary N) is 3. The summed E-state index contributed by atoms with van der Waals surface area (Å²) in [6.07, 6.45) is 24.2. The molecule has 3 N–H and O–H groups in total. The van der Waals surface area contributed by atoms with E-state index in [1.165, 1.54) is 18.2 Å². The largest absolute Gasteiger partial charge is 0.479 e. The van der Waals surface area contributed by atoms with Crippen molar-refractivity contribution in [2.24, 2.45) is 5.92 Å². The van der Waals surface area contributed by atoms with Gasteiger partial charge in [0.1, 0.15) is 40.5 Å². The molecule has 8 aromatic carbocycles. The Morgan fingerprint density at radius 3 is 1.16 bits per heavy atom. The van der Waals surface area contributed by atoms with Gasteiger partial charge in [-0.25, -0.2) is 53.6 Å². The van der Waals surface area contributed by atoms with Crippen LogP contribution in [0.4, 0.5) is 35.4 Å². The van der Waals surface area contributed by atoms with Crippen molar-refractivity contribution >= 4 is 105 Å². The number of aromatic nitrogens is 12. The number of ether oxygens (including phenoxy) is 3. The van der Waals surface area contributed by atoms with Crippen molar-refractivity contribution in [1.29, 1.82) is 0 Å². The standard InChI is InChI=1S/C43H36Cl2F4N6O3.C40H40Cl2N6O2.C32H39Cl2N7O/c1-54-17-14-25(15-18-54)42-53-39(27-7-12-31(44)32(45)20-27)40(35-13-16-50-43(52-35)51-28-8-9-28)55(42)22-24-5-10-29(11-6-24)58-30-4-2-3-26(19-30)36(56)23-57-41-37(48)33(46)21-34(47)38(41)49;1-25(2)21-36(49)28-5-4-6-32(22-28)50-31-12-7-26(8-13-31)24-48-38(35-15-18-43-40(45-35)44-30-10-11-30)37(29-9-14-33(41)34(42)23-29)46-39(48)27-16-19-47(3)20-17-27;1-3-28(42)40-17-9-21(10-18-40)11-19-41-30(27-8-14-35-32(37-27)36-24-5-6-24)29(23-4-7-25(33)26(34)20-23)38-31(41)22-12-15-39(2)16-13-22/h2-7,10-13,16,19-21,25,28H,8-9,14-15,17-18,22-23H2,1H3,(H,50,51,52);4-9,12-15,18,21-23,27,30H,10-11,16-17,19-20,24H2,1-3H3,(H,43,44,45);3-4,7-8,14,20-22,24H,1,5-6,9-13,15-19H2,2H3,(H,35,36,37). The fraction of sp³-hybridized carbons (Fsp3) is 0.339. The molecule has 4 aliphatic heterocycles. The quantitative estimate of drug-likeness (QED) is 0.0149. The van der Waals surface area contributed by atoms with Gasteiger partial charge in [0.05, 0.1) is 81.4 Å². The lowest BCUT2D eigenvalue weighted by molar-refractivity contribution is -0.127. The zero-order chi connectivity index (χ0) is 104. The van der Waals surface area contributed by atoms with Crippen molar-refractivity contribution in [1.82, 2.24) is 78.2 Å². The maximum atomic E-state index is 14.1. The highest BCUT2D eigenvalue weighted by atomic mass is 35.5. The molecule has 0 atom stereocenters. The number of imidazole rings is 3. The SMILES string of the molecule is C=CC(=O)N1CCC(CCn2c(C3CCN(C)CC3)nc(-c3ccc(Cl)c(Cl)c3)c2-c2ccnc(NC3CC3)n2)CC1.CC(C)=CC(=O)c1cccc(Oc2ccc(Cn3c(C4CCN(C)CC4)nc(-c4ccc(Cl)c(Cl)c4)c3-c3ccnc(NC4CC4)n3)cc2)c1.CN1CCC(c2nc(-c3ccc(Cl)c(Cl)c3)c(-c3ccnc(NC4CC4)n3)n2Cc2ccc(Oc3cccc(C(=O)COc4c(F)c(F)cc(F)c4F)c3)cc2)CC1. The number of halogens is 10. The highest BCUT2D eigenvalue weighted by molar-refractivity contribution is 6.43. The molecule has 14 aromatic rings. The molecule has 10 heterocycles. The van der Waals surface area contributed by atoms with Gasteiger partial charge in [-0.2, -0.15) is 8.78 Å². The zero-order valence-electron chi connectivity index (χ0n) is 83.9. The number of carbonyl (C=O) groups is 3. The maximum absolute atomic E-state index is 14.1. The van der Waals surface area contributed by atoms with Gasteiger partial charge in [-0.05, 0) is 303 Å². The topological polar surface area (TPSA) is 259 Å². The van der Waals surface area contributed by atoms with E-state index in [2.05, 4.69) is 99.2 Å². The summed E-state index contributed by atoms with van der Waals surface area (Å²) < 4.78 is 79.5. The van der Waals surface area contributed by atoms with E-state index in [4.69, 9.17) is 114 Å². The van der Waals surface area contributed by atoms with Crippen LogP contribution in [0.2, 0.25) is 30.1 Å². The molecular formula is C115H115Cl6F4N19O6. The molecule has 4 saturated heterocycles. The smallest absolute Gasteiger partial charge is 0.245 e. The first kappa shape index (κ1) is 106. The molecule has 3 saturated carbocycles. The van der Waals surface area contributed by atoms with E-state index in [1.54, 1.807) is 42.6 Å². The number of allylic oxidation sites excluding steroid dienone is 2. The van der Waals surface area contributed by atoms with Crippen LogP contribution in [0.15, 0.2) is 219 Å². The van der Waals surface area contributed by atoms with Gasteiger partial charge in [0.25, 0.3) is 0 Å². The van der Waals surface area contributed by atoms with Crippen LogP contribution in [0.1, 0.15) is 177 Å². The number of ketones is 2. The summed E-state index contributed by atoms with van der Waals surface area (Å²) in [5.74, 6) is -0.403. The average molecular weight is 2150 g/mol. The Bertz CT molecular complexity index is 7280. The van der Waals surface area contributed by atoms with E-state index in [0.29, 0.717) is 125 Å². The predicted molar refractivity (Wildman–Crippen MR) is 583 cm³/mol. The number of carbonyl (C=O) groups excluding carboxylic acids is 3. The van der Waals surface area contributed by atoms with Crippen molar-refractivity contribution in [3.05, 3.63) is 312 Å². The number of hydrogen-bond acceptors (Lipinski definition) is 21. The second kappa shape index (κ2) is 47.7. The monoisotopic (exact) mass is 2140 g/mol. The van der Waals surface area contributed by atoms with E-state index >= 15 is 0 Å². The molecule has 0 unspecified atom stereocenters. The van der Waals surface area contributed by atoms with Gasteiger partial charge >= 0.3 is 0 Å². The van der Waals surface area contributed by atoms with Gasteiger partial charge in [0, 0.05) is 121 Å². The highest BCUT2D eigenvalue weighted by Gasteiger charge is 2.37. The number of piperidine rings is 4. The van der Waals surface area contributed by atoms with Crippen molar-refractivity contribution in [2.45, 2.75) is 166 Å². The zero-order valence-corrected chi connectivity index (χ0v) is 88.4. The fourth-order valence-corrected chi connectivity index (χ4v) is 20.3. The molecule has 0 bridgehead atoms. The molecule has 0 spiro atoms.